The number of allylic oxidation sites excluding steroid dienone is 1. The van der Waals surface area contributed by atoms with Crippen LogP contribution in [0.15, 0.2) is 59.1 Å². The third kappa shape index (κ3) is 2.62. The molecule has 0 saturated heterocycles. The fourth-order valence-electron chi connectivity index (χ4n) is 3.07. The van der Waals surface area contributed by atoms with Crippen LogP contribution in [0.5, 0.6) is 0 Å². The molecule has 0 saturated carbocycles. The zero-order valence-corrected chi connectivity index (χ0v) is 13.7. The lowest BCUT2D eigenvalue weighted by Gasteiger charge is -2.26. The maximum Gasteiger partial charge on any atom is 0.0999 e. The molecule has 0 bridgehead atoms. The molecule has 0 radical (unpaired) electrons. The molecule has 2 nitrogen and oxygen atoms in total. The topological polar surface area (TPSA) is 12.5 Å². The van der Waals surface area contributed by atoms with Crippen LogP contribution in [0.1, 0.15) is 11.1 Å². The molecule has 2 aromatic rings. The highest BCUT2D eigenvalue weighted by atomic mass is 79.9. The number of hydrogen-bond acceptors (Lipinski definition) is 2. The van der Waals surface area contributed by atoms with Crippen LogP contribution in [-0.2, 0) is 17.9 Å². The third-order valence-electron chi connectivity index (χ3n) is 4.04. The highest BCUT2D eigenvalue weighted by Gasteiger charge is 2.16. The predicted molar refractivity (Wildman–Crippen MR) is 92.2 cm³/mol. The van der Waals surface area contributed by atoms with E-state index in [1.165, 1.54) is 31.6 Å². The lowest BCUT2D eigenvalue weighted by Crippen LogP contribution is -2.41. The van der Waals surface area contributed by atoms with Crippen molar-refractivity contribution < 1.29 is 4.84 Å². The average molecular weight is 354 g/mol. The third-order valence-corrected chi connectivity index (χ3v) is 4.55. The van der Waals surface area contributed by atoms with E-state index in [9.17, 15) is 0 Å². The minimum absolute atomic E-state index is 0.588. The molecule has 0 fully saturated rings. The molecule has 1 heterocycles. The summed E-state index contributed by atoms with van der Waals surface area (Å²) in [6.45, 7) is 1.37. The Balaban J connectivity index is 1.64. The Hall–Kier alpha value is -1.84. The standard InChI is InChI=1S/C19H16BrNO/c20-18-9-15-7-4-8-16-11-21(12-17(10-18)19(15)16)22-13-14-5-2-1-3-6-14/h1-8,10-11H,9,12-13H2. The Bertz CT molecular complexity index is 855. The predicted octanol–water partition coefficient (Wildman–Crippen LogP) is 2.86. The second kappa shape index (κ2) is 5.75. The quantitative estimate of drug-likeness (QED) is 0.841. The molecule has 110 valence electrons. The van der Waals surface area contributed by atoms with Crippen LogP contribution in [0.4, 0.5) is 0 Å². The van der Waals surface area contributed by atoms with Gasteiger partial charge >= 0.3 is 0 Å². The van der Waals surface area contributed by atoms with Gasteiger partial charge in [-0.2, -0.15) is 0 Å². The molecule has 3 heteroatoms. The summed E-state index contributed by atoms with van der Waals surface area (Å²) in [7, 11) is 0. The highest BCUT2D eigenvalue weighted by Crippen LogP contribution is 2.21. The SMILES string of the molecule is BrC1=CC2=c3c(cccc3=CN(OCc3ccccc3)C2)C1. The summed E-state index contributed by atoms with van der Waals surface area (Å²) in [6, 6.07) is 16.8. The molecule has 0 N–H and O–H groups in total. The Morgan fingerprint density at radius 3 is 2.77 bits per heavy atom. The van der Waals surface area contributed by atoms with E-state index >= 15 is 0 Å². The lowest BCUT2D eigenvalue weighted by molar-refractivity contribution is -0.107. The van der Waals surface area contributed by atoms with E-state index in [0.717, 1.165) is 13.0 Å². The molecule has 1 aliphatic heterocycles. The molecular weight excluding hydrogens is 338 g/mol. The van der Waals surface area contributed by atoms with Gasteiger partial charge in [0.05, 0.1) is 13.2 Å². The zero-order valence-electron chi connectivity index (χ0n) is 12.1. The van der Waals surface area contributed by atoms with Crippen molar-refractivity contribution in [2.75, 3.05) is 6.54 Å². The second-order valence-corrected chi connectivity index (χ2v) is 6.66. The molecule has 0 aromatic heterocycles. The van der Waals surface area contributed by atoms with Crippen LogP contribution in [-0.4, -0.2) is 11.6 Å². The van der Waals surface area contributed by atoms with Crippen LogP contribution in [0, 0.1) is 0 Å². The van der Waals surface area contributed by atoms with Crippen LogP contribution < -0.4 is 10.4 Å². The highest BCUT2D eigenvalue weighted by molar-refractivity contribution is 9.11. The molecular formula is C19H16BrNO. The van der Waals surface area contributed by atoms with Gasteiger partial charge < -0.3 is 0 Å². The monoisotopic (exact) mass is 353 g/mol. The largest absolute Gasteiger partial charge is 0.269 e. The smallest absolute Gasteiger partial charge is 0.0999 e. The van der Waals surface area contributed by atoms with Gasteiger partial charge in [-0.25, -0.2) is 0 Å². The average Bonchev–Trinajstić information content (AvgIpc) is 2.53. The number of hydroxylamine groups is 2. The molecule has 2 aromatic carbocycles. The first kappa shape index (κ1) is 13.8. The van der Waals surface area contributed by atoms with E-state index in [2.05, 4.69) is 58.5 Å². The van der Waals surface area contributed by atoms with Crippen molar-refractivity contribution in [2.24, 2.45) is 0 Å². The number of halogens is 1. The van der Waals surface area contributed by atoms with Crippen molar-refractivity contribution in [2.45, 2.75) is 13.0 Å². The van der Waals surface area contributed by atoms with Gasteiger partial charge in [0.25, 0.3) is 0 Å². The van der Waals surface area contributed by atoms with E-state index in [1.54, 1.807) is 0 Å². The van der Waals surface area contributed by atoms with Crippen molar-refractivity contribution in [3.8, 4) is 0 Å². The first-order chi connectivity index (χ1) is 10.8. The summed E-state index contributed by atoms with van der Waals surface area (Å²) in [6.07, 6.45) is 5.32. The number of nitrogens with zero attached hydrogens (tertiary/aromatic N) is 1. The van der Waals surface area contributed by atoms with Gasteiger partial charge in [-0.15, -0.1) is 0 Å². The van der Waals surface area contributed by atoms with E-state index in [-0.39, 0.29) is 0 Å². The summed E-state index contributed by atoms with van der Waals surface area (Å²) in [5, 5.41) is 4.56. The first-order valence-electron chi connectivity index (χ1n) is 7.42. The normalized spacial score (nSPS) is 16.0. The summed E-state index contributed by atoms with van der Waals surface area (Å²) < 4.78 is 1.23. The van der Waals surface area contributed by atoms with Gasteiger partial charge in [-0.1, -0.05) is 64.5 Å². The summed E-state index contributed by atoms with van der Waals surface area (Å²) in [4.78, 5) is 5.97. The van der Waals surface area contributed by atoms with Crippen molar-refractivity contribution in [1.29, 1.82) is 0 Å². The lowest BCUT2D eigenvalue weighted by atomic mass is 9.96. The van der Waals surface area contributed by atoms with Crippen molar-refractivity contribution in [1.82, 2.24) is 5.06 Å². The van der Waals surface area contributed by atoms with Crippen LogP contribution in [0.3, 0.4) is 0 Å². The zero-order chi connectivity index (χ0) is 14.9. The molecule has 1 aliphatic carbocycles. The van der Waals surface area contributed by atoms with Crippen molar-refractivity contribution in [3.63, 3.8) is 0 Å². The van der Waals surface area contributed by atoms with Gasteiger partial charge in [-0.3, -0.25) is 9.90 Å². The van der Waals surface area contributed by atoms with Gasteiger partial charge in [0, 0.05) is 17.8 Å². The van der Waals surface area contributed by atoms with Crippen molar-refractivity contribution >= 4 is 27.7 Å². The first-order valence-corrected chi connectivity index (χ1v) is 8.21. The Morgan fingerprint density at radius 2 is 1.91 bits per heavy atom. The molecule has 0 atom stereocenters. The Morgan fingerprint density at radius 1 is 1.05 bits per heavy atom. The molecule has 22 heavy (non-hydrogen) atoms. The number of hydrogen-bond donors (Lipinski definition) is 0. The number of benzene rings is 2. The number of rotatable bonds is 3. The molecule has 4 rings (SSSR count). The molecule has 2 aliphatic rings. The maximum absolute atomic E-state index is 5.97. The van der Waals surface area contributed by atoms with Crippen molar-refractivity contribution in [3.05, 3.63) is 80.7 Å². The fourth-order valence-corrected chi connectivity index (χ4v) is 3.65. The summed E-state index contributed by atoms with van der Waals surface area (Å²) >= 11 is 3.65. The maximum atomic E-state index is 5.97. The van der Waals surface area contributed by atoms with Gasteiger partial charge in [0.2, 0.25) is 0 Å². The molecule has 0 spiro atoms. The van der Waals surface area contributed by atoms with Crippen LogP contribution in [0.25, 0.3) is 11.8 Å². The second-order valence-electron chi connectivity index (χ2n) is 5.64. The minimum atomic E-state index is 0.588. The van der Waals surface area contributed by atoms with Gasteiger partial charge in [0.1, 0.15) is 0 Å². The van der Waals surface area contributed by atoms with Crippen LogP contribution in [0.2, 0.25) is 0 Å². The summed E-state index contributed by atoms with van der Waals surface area (Å²) in [5.74, 6) is 0. The van der Waals surface area contributed by atoms with Gasteiger partial charge in [0.15, 0.2) is 0 Å². The van der Waals surface area contributed by atoms with Crippen LogP contribution >= 0.6 is 15.9 Å². The van der Waals surface area contributed by atoms with E-state index in [1.807, 2.05) is 23.3 Å². The Labute approximate surface area is 138 Å². The van der Waals surface area contributed by atoms with Gasteiger partial charge in [-0.05, 0) is 32.5 Å². The molecule has 0 unspecified atom stereocenters. The molecule has 0 amide bonds. The Kier molecular flexibility index (Phi) is 3.60. The summed E-state index contributed by atoms with van der Waals surface area (Å²) in [5.41, 5.74) is 3.89. The van der Waals surface area contributed by atoms with E-state index < -0.39 is 0 Å². The minimum Gasteiger partial charge on any atom is -0.269 e. The fraction of sp³-hybridized carbons (Fsp3) is 0.158. The van der Waals surface area contributed by atoms with E-state index in [4.69, 9.17) is 4.84 Å². The van der Waals surface area contributed by atoms with E-state index in [0.29, 0.717) is 6.61 Å².